The maximum Gasteiger partial charge on any atom is 0.229 e. The highest BCUT2D eigenvalue weighted by molar-refractivity contribution is 7.97. The van der Waals surface area contributed by atoms with Crippen LogP contribution in [0.5, 0.6) is 5.88 Å². The van der Waals surface area contributed by atoms with Crippen LogP contribution in [0.2, 0.25) is 5.02 Å². The van der Waals surface area contributed by atoms with Crippen LogP contribution in [0.15, 0.2) is 17.2 Å². The lowest BCUT2D eigenvalue weighted by Gasteiger charge is -2.13. The monoisotopic (exact) mass is 230 g/mol. The molecule has 2 heterocycles. The van der Waals surface area contributed by atoms with Gasteiger partial charge < -0.3 is 4.74 Å². The second-order valence-electron chi connectivity index (χ2n) is 3.06. The summed E-state index contributed by atoms with van der Waals surface area (Å²) in [6.07, 6.45) is 2.77. The lowest BCUT2D eigenvalue weighted by Crippen LogP contribution is -2.25. The van der Waals surface area contributed by atoms with Gasteiger partial charge in [0.1, 0.15) is 6.10 Å². The number of pyridine rings is 1. The van der Waals surface area contributed by atoms with E-state index in [0.717, 1.165) is 17.9 Å². The minimum absolute atomic E-state index is 0.192. The Morgan fingerprint density at radius 1 is 1.79 bits per heavy atom. The molecule has 1 aromatic heterocycles. The standard InChI is InChI=1S/C9H11ClN2OS/c1-2-7-5-12-14-8-3-6(10)4-11-9(8)13-7/h3-4,7,12H,2,5H2,1H3/t7-/m1/s1. The molecule has 0 unspecified atom stereocenters. The number of nitrogens with one attached hydrogen (secondary N) is 1. The van der Waals surface area contributed by atoms with E-state index in [1.165, 1.54) is 11.9 Å². The van der Waals surface area contributed by atoms with Crippen molar-refractivity contribution in [2.45, 2.75) is 24.3 Å². The largest absolute Gasteiger partial charge is 0.472 e. The van der Waals surface area contributed by atoms with E-state index in [9.17, 15) is 0 Å². The molecule has 0 saturated heterocycles. The fourth-order valence-corrected chi connectivity index (χ4v) is 2.23. The van der Waals surface area contributed by atoms with Crippen molar-refractivity contribution in [2.24, 2.45) is 0 Å². The number of hydrogen-bond acceptors (Lipinski definition) is 4. The number of nitrogens with zero attached hydrogens (tertiary/aromatic N) is 1. The van der Waals surface area contributed by atoms with Gasteiger partial charge in [0.2, 0.25) is 5.88 Å². The molecule has 5 heteroatoms. The van der Waals surface area contributed by atoms with E-state index in [-0.39, 0.29) is 6.10 Å². The Morgan fingerprint density at radius 2 is 2.64 bits per heavy atom. The van der Waals surface area contributed by atoms with Crippen LogP contribution in [0.25, 0.3) is 0 Å². The molecule has 14 heavy (non-hydrogen) atoms. The SMILES string of the molecule is CC[C@@H]1CNSc2cc(Cl)cnc2O1. The summed E-state index contributed by atoms with van der Waals surface area (Å²) in [5.41, 5.74) is 0. The topological polar surface area (TPSA) is 34.2 Å². The zero-order chi connectivity index (χ0) is 9.97. The summed E-state index contributed by atoms with van der Waals surface area (Å²) in [6, 6.07) is 1.86. The number of ether oxygens (including phenoxy) is 1. The molecule has 0 saturated carbocycles. The lowest BCUT2D eigenvalue weighted by molar-refractivity contribution is 0.191. The van der Waals surface area contributed by atoms with E-state index in [2.05, 4.69) is 16.6 Å². The Morgan fingerprint density at radius 3 is 3.43 bits per heavy atom. The van der Waals surface area contributed by atoms with E-state index in [1.807, 2.05) is 6.07 Å². The Bertz CT molecular complexity index is 335. The number of aromatic nitrogens is 1. The summed E-state index contributed by atoms with van der Waals surface area (Å²) < 4.78 is 8.93. The van der Waals surface area contributed by atoms with Gasteiger partial charge in [-0.25, -0.2) is 4.98 Å². The minimum Gasteiger partial charge on any atom is -0.472 e. The second-order valence-corrected chi connectivity index (χ2v) is 4.42. The van der Waals surface area contributed by atoms with E-state index in [4.69, 9.17) is 16.3 Å². The summed E-state index contributed by atoms with van der Waals surface area (Å²) in [6.45, 7) is 2.92. The zero-order valence-corrected chi connectivity index (χ0v) is 9.36. The first kappa shape index (κ1) is 10.1. The van der Waals surface area contributed by atoms with Crippen LogP contribution in [-0.4, -0.2) is 17.6 Å². The molecule has 2 rings (SSSR count). The molecule has 1 aliphatic heterocycles. The Labute approximate surface area is 92.3 Å². The molecule has 1 aromatic rings. The third kappa shape index (κ3) is 2.13. The molecule has 76 valence electrons. The van der Waals surface area contributed by atoms with Gasteiger partial charge in [-0.05, 0) is 24.4 Å². The van der Waals surface area contributed by atoms with Gasteiger partial charge in [-0.15, -0.1) is 0 Å². The average molecular weight is 231 g/mol. The highest BCUT2D eigenvalue weighted by atomic mass is 35.5. The molecule has 1 atom stereocenters. The predicted molar refractivity (Wildman–Crippen MR) is 57.8 cm³/mol. The van der Waals surface area contributed by atoms with Crippen LogP contribution < -0.4 is 9.46 Å². The minimum atomic E-state index is 0.192. The van der Waals surface area contributed by atoms with Gasteiger partial charge in [-0.3, -0.25) is 4.72 Å². The Hall–Kier alpha value is -0.450. The van der Waals surface area contributed by atoms with Crippen molar-refractivity contribution >= 4 is 23.5 Å². The summed E-state index contributed by atoms with van der Waals surface area (Å²) >= 11 is 7.36. The van der Waals surface area contributed by atoms with Crippen LogP contribution in [0.3, 0.4) is 0 Å². The van der Waals surface area contributed by atoms with Gasteiger partial charge in [-0.2, -0.15) is 0 Å². The molecule has 0 bridgehead atoms. The zero-order valence-electron chi connectivity index (χ0n) is 7.79. The summed E-state index contributed by atoms with van der Waals surface area (Å²) in [5, 5.41) is 0.636. The highest BCUT2D eigenvalue weighted by Gasteiger charge is 2.17. The first-order valence-electron chi connectivity index (χ1n) is 4.51. The van der Waals surface area contributed by atoms with Crippen molar-refractivity contribution in [1.29, 1.82) is 0 Å². The third-order valence-corrected chi connectivity index (χ3v) is 3.04. The Kier molecular flexibility index (Phi) is 3.15. The quantitative estimate of drug-likeness (QED) is 0.752. The predicted octanol–water partition coefficient (Wildman–Crippen LogP) is 2.50. The molecule has 0 radical (unpaired) electrons. The molecular formula is C9H11ClN2OS. The highest BCUT2D eigenvalue weighted by Crippen LogP contribution is 2.30. The second kappa shape index (κ2) is 4.38. The molecule has 1 N–H and O–H groups in total. The normalized spacial score (nSPS) is 20.9. The van der Waals surface area contributed by atoms with Crippen molar-refractivity contribution in [1.82, 2.24) is 9.71 Å². The van der Waals surface area contributed by atoms with E-state index in [1.54, 1.807) is 6.20 Å². The summed E-state index contributed by atoms with van der Waals surface area (Å²) in [4.78, 5) is 5.11. The molecule has 0 spiro atoms. The van der Waals surface area contributed by atoms with Crippen LogP contribution in [0, 0.1) is 0 Å². The maximum absolute atomic E-state index is 5.84. The van der Waals surface area contributed by atoms with Crippen LogP contribution in [-0.2, 0) is 0 Å². The van der Waals surface area contributed by atoms with Crippen molar-refractivity contribution in [3.63, 3.8) is 0 Å². The molecule has 3 nitrogen and oxygen atoms in total. The number of fused-ring (bicyclic) bond motifs is 1. The average Bonchev–Trinajstić information content (AvgIpc) is 2.38. The van der Waals surface area contributed by atoms with Gasteiger partial charge in [-0.1, -0.05) is 18.5 Å². The van der Waals surface area contributed by atoms with Crippen LogP contribution >= 0.6 is 23.5 Å². The van der Waals surface area contributed by atoms with Crippen molar-refractivity contribution in [3.8, 4) is 5.88 Å². The molecule has 0 aliphatic carbocycles. The van der Waals surface area contributed by atoms with Gasteiger partial charge in [0, 0.05) is 12.7 Å². The van der Waals surface area contributed by atoms with E-state index < -0.39 is 0 Å². The van der Waals surface area contributed by atoms with Crippen molar-refractivity contribution in [2.75, 3.05) is 6.54 Å². The van der Waals surface area contributed by atoms with Gasteiger partial charge in [0.15, 0.2) is 0 Å². The van der Waals surface area contributed by atoms with E-state index >= 15 is 0 Å². The molecular weight excluding hydrogens is 220 g/mol. The van der Waals surface area contributed by atoms with Gasteiger partial charge in [0.05, 0.1) is 9.92 Å². The summed E-state index contributed by atoms with van der Waals surface area (Å²) in [7, 11) is 0. The smallest absolute Gasteiger partial charge is 0.229 e. The molecule has 0 aromatic carbocycles. The summed E-state index contributed by atoms with van der Waals surface area (Å²) in [5.74, 6) is 0.677. The number of halogens is 1. The van der Waals surface area contributed by atoms with Crippen molar-refractivity contribution in [3.05, 3.63) is 17.3 Å². The fraction of sp³-hybridized carbons (Fsp3) is 0.444. The Balaban J connectivity index is 2.27. The number of hydrogen-bond donors (Lipinski definition) is 1. The third-order valence-electron chi connectivity index (χ3n) is 2.01. The van der Waals surface area contributed by atoms with Crippen LogP contribution in [0.4, 0.5) is 0 Å². The van der Waals surface area contributed by atoms with Gasteiger partial charge >= 0.3 is 0 Å². The molecule has 0 fully saturated rings. The maximum atomic E-state index is 5.84. The first-order chi connectivity index (χ1) is 6.79. The lowest BCUT2D eigenvalue weighted by atomic mass is 10.3. The fourth-order valence-electron chi connectivity index (χ4n) is 1.21. The molecule has 0 amide bonds. The van der Waals surface area contributed by atoms with Crippen LogP contribution in [0.1, 0.15) is 13.3 Å². The van der Waals surface area contributed by atoms with E-state index in [0.29, 0.717) is 10.9 Å². The molecule has 1 aliphatic rings. The first-order valence-corrected chi connectivity index (χ1v) is 5.71. The van der Waals surface area contributed by atoms with Gasteiger partial charge in [0.25, 0.3) is 0 Å². The van der Waals surface area contributed by atoms with Crippen molar-refractivity contribution < 1.29 is 4.74 Å². The number of rotatable bonds is 1.